The van der Waals surface area contributed by atoms with E-state index in [9.17, 15) is 33.3 Å². The van der Waals surface area contributed by atoms with Crippen molar-refractivity contribution >= 4 is 62.8 Å². The molecule has 2 saturated heterocycles. The van der Waals surface area contributed by atoms with Crippen LogP contribution in [-0.2, 0) is 47.0 Å². The molecule has 2 aromatic carbocycles. The zero-order chi connectivity index (χ0) is 42.9. The van der Waals surface area contributed by atoms with Crippen LogP contribution in [0.3, 0.4) is 0 Å². The normalized spacial score (nSPS) is 13.7. The molecule has 58 heavy (non-hydrogen) atoms. The number of benzene rings is 2. The highest BCUT2D eigenvalue weighted by atomic mass is 31.2. The minimum absolute atomic E-state index is 0.00994. The zero-order valence-corrected chi connectivity index (χ0v) is 32.4. The van der Waals surface area contributed by atoms with Gasteiger partial charge >= 0.3 is 19.5 Å². The number of hydrogen-bond donors (Lipinski definition) is 1. The van der Waals surface area contributed by atoms with Crippen LogP contribution >= 0.6 is 15.9 Å². The summed E-state index contributed by atoms with van der Waals surface area (Å²) in [6.07, 6.45) is 27.0. The van der Waals surface area contributed by atoms with E-state index in [1.165, 1.54) is 48.5 Å². The maximum absolute atomic E-state index is 12.3. The maximum atomic E-state index is 12.3. The third kappa shape index (κ3) is 16.1. The van der Waals surface area contributed by atoms with Gasteiger partial charge in [-0.15, -0.1) is 60.0 Å². The van der Waals surface area contributed by atoms with Gasteiger partial charge in [-0.25, -0.2) is 9.59 Å². The third-order valence-corrected chi connectivity index (χ3v) is 9.21. The quantitative estimate of drug-likeness (QED) is 0.0392. The summed E-state index contributed by atoms with van der Waals surface area (Å²) in [7, 11) is -4.81. The fraction of sp³-hybridized carbons (Fsp3) is 0.263. The number of hydroxylamine groups is 4. The molecule has 18 nitrogen and oxygen atoms in total. The van der Waals surface area contributed by atoms with Crippen LogP contribution < -0.4 is 5.09 Å². The molecule has 2 fully saturated rings. The lowest BCUT2D eigenvalue weighted by atomic mass is 10.2. The Morgan fingerprint density at radius 1 is 0.724 bits per heavy atom. The molecule has 20 heteroatoms. The Hall–Kier alpha value is -6.89. The summed E-state index contributed by atoms with van der Waals surface area (Å²) in [6, 6.07) is 11.2. The van der Waals surface area contributed by atoms with Crippen LogP contribution in [0.15, 0.2) is 53.6 Å². The number of nitrogens with one attached hydrogen (secondary N) is 1. The van der Waals surface area contributed by atoms with Crippen molar-refractivity contribution in [2.45, 2.75) is 44.9 Å². The average molecular weight is 829 g/mol. The van der Waals surface area contributed by atoms with Gasteiger partial charge in [-0.3, -0.25) is 23.7 Å². The largest absolute Gasteiger partial charge is 0.367 e. The Labute approximate surface area is 335 Å². The number of anilines is 1. The molecule has 1 N–H and O–H groups in total. The van der Waals surface area contributed by atoms with Crippen molar-refractivity contribution in [1.82, 2.24) is 10.1 Å². The molecular formula is C38H34N6O12P2. The van der Waals surface area contributed by atoms with Crippen LogP contribution in [0.4, 0.5) is 11.4 Å². The van der Waals surface area contributed by atoms with Crippen LogP contribution in [0.1, 0.15) is 65.7 Å². The lowest BCUT2D eigenvalue weighted by molar-refractivity contribution is -0.173. The molecule has 2 aliphatic rings. The summed E-state index contributed by atoms with van der Waals surface area (Å²) in [5.41, 5.74) is 13.6. The molecule has 2 aliphatic heterocycles. The topological polar surface area (TPSA) is 233 Å². The van der Waals surface area contributed by atoms with Gasteiger partial charge in [0.05, 0.1) is 30.9 Å². The third-order valence-electron chi connectivity index (χ3n) is 6.72. The molecule has 298 valence electrons. The summed E-state index contributed by atoms with van der Waals surface area (Å²) >= 11 is 0. The Bertz CT molecular complexity index is 2090. The van der Waals surface area contributed by atoms with Gasteiger partial charge in [0.15, 0.2) is 0 Å². The Balaban J connectivity index is 0.000000319. The van der Waals surface area contributed by atoms with E-state index >= 15 is 0 Å². The summed E-state index contributed by atoms with van der Waals surface area (Å²) in [4.78, 5) is 81.2. The second-order valence-electron chi connectivity index (χ2n) is 10.8. The fourth-order valence-corrected chi connectivity index (χ4v) is 5.75. The van der Waals surface area contributed by atoms with Crippen molar-refractivity contribution in [3.05, 3.63) is 70.1 Å². The number of amides is 4. The SMILES string of the molecule is C#CCCOP(=O)(C#C)Nc1ccc(C(=O)ON2C(=O)CCC2=O)cc1.C#CCCOP(C#C)OCCC#C.[N-]=[N+]=Nc1ccc(C(=O)ON2C(=O)CCC2=O)cc1. The van der Waals surface area contributed by atoms with Gasteiger partial charge in [-0.1, -0.05) is 17.2 Å². The van der Waals surface area contributed by atoms with Gasteiger partial charge in [-0.2, -0.15) is 0 Å². The first-order valence-electron chi connectivity index (χ1n) is 16.6. The number of carbonyl (C=O) groups is 6. The molecule has 0 saturated carbocycles. The Morgan fingerprint density at radius 2 is 1.14 bits per heavy atom. The first-order chi connectivity index (χ1) is 27.8. The van der Waals surface area contributed by atoms with Crippen LogP contribution in [-0.4, -0.2) is 65.5 Å². The Kier molecular flexibility index (Phi) is 20.6. The smallest absolute Gasteiger partial charge is 0.325 e. The average Bonchev–Trinajstić information content (AvgIpc) is 3.72. The van der Waals surface area contributed by atoms with Crippen LogP contribution in [0.25, 0.3) is 10.4 Å². The van der Waals surface area contributed by atoms with Crippen molar-refractivity contribution in [3.63, 3.8) is 0 Å². The van der Waals surface area contributed by atoms with E-state index in [1.807, 2.05) is 0 Å². The molecule has 2 heterocycles. The molecule has 0 spiro atoms. The summed E-state index contributed by atoms with van der Waals surface area (Å²) in [6.45, 7) is 0.901. The number of carbonyl (C=O) groups excluding carboxylic acids is 6. The highest BCUT2D eigenvalue weighted by Crippen LogP contribution is 2.45. The highest BCUT2D eigenvalue weighted by molar-refractivity contribution is 7.65. The van der Waals surface area contributed by atoms with E-state index in [0.29, 0.717) is 47.6 Å². The first kappa shape index (κ1) is 47.3. The van der Waals surface area contributed by atoms with E-state index in [4.69, 9.17) is 60.9 Å². The molecule has 0 bridgehead atoms. The minimum atomic E-state index is -3.56. The van der Waals surface area contributed by atoms with E-state index in [2.05, 4.69) is 44.2 Å². The summed E-state index contributed by atoms with van der Waals surface area (Å²) in [5, 5.41) is 6.85. The maximum Gasteiger partial charge on any atom is 0.367 e. The first-order valence-corrected chi connectivity index (χ1v) is 19.4. The monoisotopic (exact) mass is 828 g/mol. The number of nitrogens with zero attached hydrogens (tertiary/aromatic N) is 5. The van der Waals surface area contributed by atoms with Crippen molar-refractivity contribution in [3.8, 4) is 61.2 Å². The lowest BCUT2D eigenvalue weighted by Crippen LogP contribution is -2.32. The van der Waals surface area contributed by atoms with E-state index in [-0.39, 0.29) is 49.8 Å². The number of azide groups is 1. The predicted octanol–water partition coefficient (Wildman–Crippen LogP) is 5.96. The number of imide groups is 2. The fourth-order valence-electron chi connectivity index (χ4n) is 3.98. The van der Waals surface area contributed by atoms with Gasteiger partial charge in [0.1, 0.15) is 0 Å². The molecule has 0 radical (unpaired) electrons. The Morgan fingerprint density at radius 3 is 1.52 bits per heavy atom. The van der Waals surface area contributed by atoms with E-state index in [1.54, 1.807) is 0 Å². The molecule has 4 rings (SSSR count). The number of hydrogen-bond acceptors (Lipinski definition) is 13. The molecule has 2 aromatic rings. The number of terminal acetylenes is 5. The predicted molar refractivity (Wildman–Crippen MR) is 209 cm³/mol. The van der Waals surface area contributed by atoms with Gasteiger partial charge in [0, 0.05) is 66.9 Å². The van der Waals surface area contributed by atoms with Crippen molar-refractivity contribution < 1.29 is 56.6 Å². The van der Waals surface area contributed by atoms with Gasteiger partial charge in [0.25, 0.3) is 32.0 Å². The van der Waals surface area contributed by atoms with Crippen molar-refractivity contribution in [2.24, 2.45) is 5.11 Å². The van der Waals surface area contributed by atoms with E-state index in [0.717, 1.165) is 0 Å². The standard InChI is InChI=1S/C17H15N2O6P.C11H8N4O4.C10H11O2P/c1-3-5-12-24-26(23,4-2)18-14-8-6-13(7-9-14)17(22)25-19-15(20)10-11-16(19)21;12-14-13-8-3-1-7(2-4-8)11(18)19-15-9(16)5-6-10(15)17;1-4-7-9-11-13(6-3)12-10-8-5-2/h1-2,6-9H,5,10-12H2,(H,18,23);1-4H,5-6H2;1-3H,7-10H2. The summed E-state index contributed by atoms with van der Waals surface area (Å²) in [5.74, 6) is 3.32. The molecule has 0 aromatic heterocycles. The second-order valence-corrected chi connectivity index (χ2v) is 13.9. The molecule has 0 aliphatic carbocycles. The van der Waals surface area contributed by atoms with Gasteiger partial charge in [0.2, 0.25) is 0 Å². The summed E-state index contributed by atoms with van der Waals surface area (Å²) < 4.78 is 27.8. The minimum Gasteiger partial charge on any atom is -0.325 e. The van der Waals surface area contributed by atoms with Crippen LogP contribution in [0.5, 0.6) is 0 Å². The molecular weight excluding hydrogens is 794 g/mol. The molecule has 1 atom stereocenters. The lowest BCUT2D eigenvalue weighted by Gasteiger charge is -2.15. The van der Waals surface area contributed by atoms with Crippen molar-refractivity contribution in [2.75, 3.05) is 24.9 Å². The highest BCUT2D eigenvalue weighted by Gasteiger charge is 2.34. The van der Waals surface area contributed by atoms with Crippen molar-refractivity contribution in [1.29, 1.82) is 0 Å². The van der Waals surface area contributed by atoms with Crippen LogP contribution in [0.2, 0.25) is 0 Å². The van der Waals surface area contributed by atoms with Crippen LogP contribution in [0, 0.1) is 61.2 Å². The van der Waals surface area contributed by atoms with Gasteiger partial charge in [-0.05, 0) is 47.6 Å². The second kappa shape index (κ2) is 25.3. The molecule has 4 amide bonds. The zero-order valence-electron chi connectivity index (χ0n) is 30.6. The van der Waals surface area contributed by atoms with Gasteiger partial charge < -0.3 is 28.3 Å². The van der Waals surface area contributed by atoms with E-state index < -0.39 is 51.5 Å². The number of rotatable bonds is 16. The molecule has 1 unspecified atom stereocenters.